The number of hydrogen-bond acceptors (Lipinski definition) is 4. The van der Waals surface area contributed by atoms with Crippen LogP contribution in [0.2, 0.25) is 0 Å². The Labute approximate surface area is 123 Å². The maximum Gasteiger partial charge on any atom is 0.244 e. The van der Waals surface area contributed by atoms with E-state index in [2.05, 4.69) is 0 Å². The summed E-state index contributed by atoms with van der Waals surface area (Å²) in [7, 11) is -2.56. The number of nitriles is 1. The molecule has 2 rings (SSSR count). The molecule has 1 aromatic rings. The van der Waals surface area contributed by atoms with Gasteiger partial charge in [0.15, 0.2) is 0 Å². The van der Waals surface area contributed by atoms with Crippen LogP contribution in [-0.4, -0.2) is 31.6 Å². The number of nitrogens with zero attached hydrogens (tertiary/aromatic N) is 2. The van der Waals surface area contributed by atoms with Gasteiger partial charge < -0.3 is 0 Å². The van der Waals surface area contributed by atoms with E-state index >= 15 is 0 Å². The monoisotopic (exact) mass is 310 g/mol. The van der Waals surface area contributed by atoms with E-state index in [-0.39, 0.29) is 16.7 Å². The molecule has 1 aliphatic carbocycles. The van der Waals surface area contributed by atoms with E-state index in [0.717, 1.165) is 10.4 Å². The summed E-state index contributed by atoms with van der Waals surface area (Å²) in [6, 6.07) is 4.84. The topological polar surface area (TPSA) is 78.2 Å². The third-order valence-corrected chi connectivity index (χ3v) is 5.72. The summed E-state index contributed by atoms with van der Waals surface area (Å²) in [5, 5.41) is 8.97. The second kappa shape index (κ2) is 5.92. The minimum Gasteiger partial charge on any atom is -0.300 e. The lowest BCUT2D eigenvalue weighted by Gasteiger charge is -2.30. The summed E-state index contributed by atoms with van der Waals surface area (Å²) in [5.74, 6) is -0.730. The molecule has 112 valence electrons. The van der Waals surface area contributed by atoms with Gasteiger partial charge in [0.2, 0.25) is 10.0 Å². The molecule has 0 unspecified atom stereocenters. The van der Waals surface area contributed by atoms with Gasteiger partial charge in [-0.05, 0) is 25.0 Å². The minimum atomic E-state index is -3.96. The zero-order valence-electron chi connectivity index (χ0n) is 11.5. The van der Waals surface area contributed by atoms with Crippen molar-refractivity contribution in [2.24, 2.45) is 0 Å². The first-order valence-electron chi connectivity index (χ1n) is 6.56. The summed E-state index contributed by atoms with van der Waals surface area (Å²) >= 11 is 0. The standard InChI is InChI=1S/C14H15FN2O3S/c1-17(10-5-7-11(18)8-6-10)21(19,20)14-4-2-3-13(15)12(14)9-16/h2-4,10H,5-8H2,1H3. The van der Waals surface area contributed by atoms with Crippen LogP contribution < -0.4 is 0 Å². The largest absolute Gasteiger partial charge is 0.300 e. The van der Waals surface area contributed by atoms with Gasteiger partial charge in [-0.1, -0.05) is 6.07 Å². The van der Waals surface area contributed by atoms with E-state index in [0.29, 0.717) is 25.7 Å². The second-order valence-electron chi connectivity index (χ2n) is 5.02. The molecule has 0 spiro atoms. The lowest BCUT2D eigenvalue weighted by atomic mass is 9.95. The predicted molar refractivity (Wildman–Crippen MR) is 73.3 cm³/mol. The summed E-state index contributed by atoms with van der Waals surface area (Å²) in [5.41, 5.74) is -0.476. The SMILES string of the molecule is CN(C1CCC(=O)CC1)S(=O)(=O)c1cccc(F)c1C#N. The van der Waals surface area contributed by atoms with Crippen LogP contribution in [0.3, 0.4) is 0 Å². The Morgan fingerprint density at radius 3 is 2.52 bits per heavy atom. The summed E-state index contributed by atoms with van der Waals surface area (Å²) in [4.78, 5) is 10.9. The Balaban J connectivity index is 2.36. The fourth-order valence-corrected chi connectivity index (χ4v) is 4.03. The number of rotatable bonds is 3. The van der Waals surface area contributed by atoms with Gasteiger partial charge in [0, 0.05) is 25.9 Å². The van der Waals surface area contributed by atoms with E-state index in [1.807, 2.05) is 0 Å². The van der Waals surface area contributed by atoms with Crippen LogP contribution in [0.25, 0.3) is 0 Å². The van der Waals surface area contributed by atoms with Crippen LogP contribution >= 0.6 is 0 Å². The number of benzene rings is 1. The number of carbonyl (C=O) groups excluding carboxylic acids is 1. The van der Waals surface area contributed by atoms with Crippen LogP contribution in [0.1, 0.15) is 31.2 Å². The highest BCUT2D eigenvalue weighted by Gasteiger charge is 2.32. The van der Waals surface area contributed by atoms with Gasteiger partial charge >= 0.3 is 0 Å². The Bertz CT molecular complexity index is 699. The highest BCUT2D eigenvalue weighted by Crippen LogP contribution is 2.27. The fraction of sp³-hybridized carbons (Fsp3) is 0.429. The molecule has 1 saturated carbocycles. The molecule has 0 N–H and O–H groups in total. The molecule has 1 aliphatic rings. The number of halogens is 1. The van der Waals surface area contributed by atoms with Crippen molar-refractivity contribution in [1.29, 1.82) is 5.26 Å². The highest BCUT2D eigenvalue weighted by atomic mass is 32.2. The van der Waals surface area contributed by atoms with Crippen molar-refractivity contribution in [3.8, 4) is 6.07 Å². The van der Waals surface area contributed by atoms with Gasteiger partial charge in [0.1, 0.15) is 28.1 Å². The molecule has 0 amide bonds. The van der Waals surface area contributed by atoms with Crippen LogP contribution in [0.5, 0.6) is 0 Å². The second-order valence-corrected chi connectivity index (χ2v) is 6.98. The maximum atomic E-state index is 13.6. The highest BCUT2D eigenvalue weighted by molar-refractivity contribution is 7.89. The summed E-state index contributed by atoms with van der Waals surface area (Å²) in [6.07, 6.45) is 1.59. The summed E-state index contributed by atoms with van der Waals surface area (Å²) in [6.45, 7) is 0. The van der Waals surface area contributed by atoms with Crippen molar-refractivity contribution in [3.05, 3.63) is 29.6 Å². The van der Waals surface area contributed by atoms with Crippen molar-refractivity contribution in [3.63, 3.8) is 0 Å². The zero-order chi connectivity index (χ0) is 15.6. The average Bonchev–Trinajstić information content (AvgIpc) is 2.47. The van der Waals surface area contributed by atoms with Crippen molar-refractivity contribution in [2.75, 3.05) is 7.05 Å². The molecule has 21 heavy (non-hydrogen) atoms. The normalized spacial score (nSPS) is 17.0. The van der Waals surface area contributed by atoms with E-state index in [4.69, 9.17) is 5.26 Å². The quantitative estimate of drug-likeness (QED) is 0.853. The molecule has 0 atom stereocenters. The van der Waals surface area contributed by atoms with Crippen LogP contribution in [0.4, 0.5) is 4.39 Å². The Kier molecular flexibility index (Phi) is 4.40. The number of carbonyl (C=O) groups is 1. The first-order chi connectivity index (χ1) is 9.87. The summed E-state index contributed by atoms with van der Waals surface area (Å²) < 4.78 is 39.9. The number of ketones is 1. The predicted octanol–water partition coefficient (Wildman–Crippen LogP) is 1.83. The molecule has 0 aromatic heterocycles. The molecular weight excluding hydrogens is 295 g/mol. The van der Waals surface area contributed by atoms with E-state index in [1.165, 1.54) is 19.2 Å². The minimum absolute atomic E-state index is 0.125. The fourth-order valence-electron chi connectivity index (χ4n) is 2.47. The maximum absolute atomic E-state index is 13.6. The van der Waals surface area contributed by atoms with Crippen LogP contribution in [0, 0.1) is 17.1 Å². The molecule has 0 saturated heterocycles. The van der Waals surface area contributed by atoms with Crippen molar-refractivity contribution >= 4 is 15.8 Å². The van der Waals surface area contributed by atoms with Crippen molar-refractivity contribution < 1.29 is 17.6 Å². The van der Waals surface area contributed by atoms with Crippen LogP contribution in [0.15, 0.2) is 23.1 Å². The smallest absolute Gasteiger partial charge is 0.244 e. The van der Waals surface area contributed by atoms with E-state index in [1.54, 1.807) is 6.07 Å². The average molecular weight is 310 g/mol. The van der Waals surface area contributed by atoms with E-state index in [9.17, 15) is 17.6 Å². The molecule has 0 heterocycles. The third-order valence-electron chi connectivity index (χ3n) is 3.77. The molecule has 7 heteroatoms. The molecule has 0 radical (unpaired) electrons. The van der Waals surface area contributed by atoms with Gasteiger partial charge in [0.25, 0.3) is 0 Å². The number of sulfonamides is 1. The molecule has 1 aromatic carbocycles. The Morgan fingerprint density at radius 2 is 1.95 bits per heavy atom. The Morgan fingerprint density at radius 1 is 1.33 bits per heavy atom. The van der Waals surface area contributed by atoms with Crippen molar-refractivity contribution in [1.82, 2.24) is 4.31 Å². The van der Waals surface area contributed by atoms with Gasteiger partial charge in [-0.15, -0.1) is 0 Å². The zero-order valence-corrected chi connectivity index (χ0v) is 12.4. The number of hydrogen-bond donors (Lipinski definition) is 0. The van der Waals surface area contributed by atoms with E-state index < -0.39 is 21.4 Å². The first kappa shape index (κ1) is 15.6. The molecule has 0 aliphatic heterocycles. The van der Waals surface area contributed by atoms with Gasteiger partial charge in [-0.25, -0.2) is 12.8 Å². The lowest BCUT2D eigenvalue weighted by Crippen LogP contribution is -2.39. The van der Waals surface area contributed by atoms with Gasteiger partial charge in [-0.3, -0.25) is 4.79 Å². The molecular formula is C14H15FN2O3S. The van der Waals surface area contributed by atoms with Crippen molar-refractivity contribution in [2.45, 2.75) is 36.6 Å². The van der Waals surface area contributed by atoms with Gasteiger partial charge in [0.05, 0.1) is 0 Å². The number of Topliss-reactive ketones (excluding diaryl/α,β-unsaturated/α-hetero) is 1. The third kappa shape index (κ3) is 2.96. The lowest BCUT2D eigenvalue weighted by molar-refractivity contribution is -0.120. The molecule has 5 nitrogen and oxygen atoms in total. The Hall–Kier alpha value is -1.78. The molecule has 1 fully saturated rings. The first-order valence-corrected chi connectivity index (χ1v) is 8.00. The van der Waals surface area contributed by atoms with Gasteiger partial charge in [-0.2, -0.15) is 9.57 Å². The molecule has 0 bridgehead atoms. The van der Waals surface area contributed by atoms with Crippen LogP contribution in [-0.2, 0) is 14.8 Å².